The van der Waals surface area contributed by atoms with Crippen LogP contribution >= 0.6 is 0 Å². The monoisotopic (exact) mass is 321 g/mol. The van der Waals surface area contributed by atoms with Gasteiger partial charge in [0.2, 0.25) is 5.82 Å². The summed E-state index contributed by atoms with van der Waals surface area (Å²) in [5.41, 5.74) is 1.72. The molecule has 0 unspecified atom stereocenters. The molecule has 0 saturated carbocycles. The molecule has 3 rings (SSSR count). The van der Waals surface area contributed by atoms with E-state index in [9.17, 15) is 4.79 Å². The van der Waals surface area contributed by atoms with E-state index in [1.54, 1.807) is 36.5 Å². The number of benzene rings is 1. The van der Waals surface area contributed by atoms with Gasteiger partial charge in [-0.05, 0) is 37.3 Å². The number of pyridine rings is 1. The van der Waals surface area contributed by atoms with Crippen LogP contribution in [0.4, 0.5) is 0 Å². The summed E-state index contributed by atoms with van der Waals surface area (Å²) in [4.78, 5) is 20.3. The minimum absolute atomic E-state index is 0.0789. The lowest BCUT2D eigenvalue weighted by Crippen LogP contribution is -1.98. The second-order valence-electron chi connectivity index (χ2n) is 5.04. The fraction of sp³-hybridized carbons (Fsp3) is 0.111. The zero-order valence-corrected chi connectivity index (χ0v) is 13.1. The molecule has 0 aliphatic carbocycles. The van der Waals surface area contributed by atoms with E-state index < -0.39 is 0 Å². The third-order valence-corrected chi connectivity index (χ3v) is 3.25. The highest BCUT2D eigenvalue weighted by Crippen LogP contribution is 2.27. The van der Waals surface area contributed by atoms with Crippen LogP contribution in [0.3, 0.4) is 0 Å². The standard InChI is InChI=1S/C18H15N3O3/c1-3-8-23-15-10-13(12(2)22)9-14(11-15)18-20-17(21-24-18)16-6-4-5-7-19-16/h3-7,9-11H,1,8H2,2H3. The first-order valence-corrected chi connectivity index (χ1v) is 7.32. The molecule has 0 radical (unpaired) electrons. The van der Waals surface area contributed by atoms with Crippen LogP contribution in [0.2, 0.25) is 0 Å². The Labute approximate surface area is 138 Å². The Kier molecular flexibility index (Phi) is 4.47. The summed E-state index contributed by atoms with van der Waals surface area (Å²) in [6, 6.07) is 10.6. The maximum atomic E-state index is 11.7. The van der Waals surface area contributed by atoms with Crippen molar-refractivity contribution < 1.29 is 14.1 Å². The quantitative estimate of drug-likeness (QED) is 0.510. The zero-order chi connectivity index (χ0) is 16.9. The van der Waals surface area contributed by atoms with Crippen LogP contribution in [0, 0.1) is 0 Å². The normalized spacial score (nSPS) is 10.4. The minimum Gasteiger partial charge on any atom is -0.490 e. The van der Waals surface area contributed by atoms with Crippen molar-refractivity contribution in [1.82, 2.24) is 15.1 Å². The van der Waals surface area contributed by atoms with Crippen molar-refractivity contribution in [2.75, 3.05) is 6.61 Å². The van der Waals surface area contributed by atoms with E-state index in [0.29, 0.717) is 40.9 Å². The molecular formula is C18H15N3O3. The van der Waals surface area contributed by atoms with Crippen molar-refractivity contribution in [1.29, 1.82) is 0 Å². The van der Waals surface area contributed by atoms with Crippen molar-refractivity contribution in [2.45, 2.75) is 6.92 Å². The lowest BCUT2D eigenvalue weighted by Gasteiger charge is -2.06. The van der Waals surface area contributed by atoms with Crippen molar-refractivity contribution in [3.63, 3.8) is 0 Å². The second kappa shape index (κ2) is 6.87. The van der Waals surface area contributed by atoms with Crippen LogP contribution in [0.5, 0.6) is 5.75 Å². The Bertz CT molecular complexity index is 872. The number of ketones is 1. The van der Waals surface area contributed by atoms with E-state index >= 15 is 0 Å². The second-order valence-corrected chi connectivity index (χ2v) is 5.04. The molecule has 120 valence electrons. The fourth-order valence-electron chi connectivity index (χ4n) is 2.10. The number of hydrogen-bond donors (Lipinski definition) is 0. The van der Waals surface area contributed by atoms with Crippen LogP contribution in [0.25, 0.3) is 23.0 Å². The van der Waals surface area contributed by atoms with E-state index in [4.69, 9.17) is 9.26 Å². The largest absolute Gasteiger partial charge is 0.490 e. The van der Waals surface area contributed by atoms with Crippen LogP contribution in [0.15, 0.2) is 59.8 Å². The molecule has 0 aliphatic heterocycles. The number of ether oxygens (including phenoxy) is 1. The van der Waals surface area contributed by atoms with E-state index in [2.05, 4.69) is 21.7 Å². The molecule has 3 aromatic rings. The molecule has 2 aromatic heterocycles. The summed E-state index contributed by atoms with van der Waals surface area (Å²) >= 11 is 0. The van der Waals surface area contributed by atoms with E-state index in [0.717, 1.165) is 0 Å². The number of carbonyl (C=O) groups excluding carboxylic acids is 1. The van der Waals surface area contributed by atoms with Crippen molar-refractivity contribution in [3.05, 3.63) is 60.8 Å². The summed E-state index contributed by atoms with van der Waals surface area (Å²) in [6.45, 7) is 5.44. The predicted molar refractivity (Wildman–Crippen MR) is 88.7 cm³/mol. The minimum atomic E-state index is -0.0789. The molecule has 2 heterocycles. The van der Waals surface area contributed by atoms with Crippen molar-refractivity contribution in [2.24, 2.45) is 0 Å². The van der Waals surface area contributed by atoms with Gasteiger partial charge in [0.1, 0.15) is 18.1 Å². The van der Waals surface area contributed by atoms with Gasteiger partial charge >= 0.3 is 0 Å². The van der Waals surface area contributed by atoms with Gasteiger partial charge < -0.3 is 9.26 Å². The van der Waals surface area contributed by atoms with Crippen LogP contribution in [-0.4, -0.2) is 27.5 Å². The molecule has 0 atom stereocenters. The molecule has 0 amide bonds. The van der Waals surface area contributed by atoms with E-state index in [1.165, 1.54) is 6.92 Å². The Morgan fingerprint density at radius 1 is 1.33 bits per heavy atom. The third-order valence-electron chi connectivity index (χ3n) is 3.25. The Morgan fingerprint density at radius 3 is 2.92 bits per heavy atom. The highest BCUT2D eigenvalue weighted by Gasteiger charge is 2.14. The molecule has 6 heteroatoms. The molecule has 0 saturated heterocycles. The van der Waals surface area contributed by atoms with Crippen molar-refractivity contribution in [3.8, 4) is 28.7 Å². The average Bonchev–Trinajstić information content (AvgIpc) is 3.10. The summed E-state index contributed by atoms with van der Waals surface area (Å²) in [5.74, 6) is 1.13. The first kappa shape index (κ1) is 15.6. The van der Waals surface area contributed by atoms with E-state index in [1.807, 2.05) is 12.1 Å². The van der Waals surface area contributed by atoms with Gasteiger partial charge in [0, 0.05) is 17.3 Å². The van der Waals surface area contributed by atoms with Gasteiger partial charge in [0.25, 0.3) is 5.89 Å². The number of Topliss-reactive ketones (excluding diaryl/α,β-unsaturated/α-hetero) is 1. The van der Waals surface area contributed by atoms with E-state index in [-0.39, 0.29) is 5.78 Å². The highest BCUT2D eigenvalue weighted by atomic mass is 16.5. The predicted octanol–water partition coefficient (Wildman–Crippen LogP) is 3.57. The summed E-state index contributed by atoms with van der Waals surface area (Å²) in [6.07, 6.45) is 3.29. The number of nitrogens with zero attached hydrogens (tertiary/aromatic N) is 3. The molecule has 0 fully saturated rings. The summed E-state index contributed by atoms with van der Waals surface area (Å²) < 4.78 is 10.8. The van der Waals surface area contributed by atoms with Gasteiger partial charge in [-0.15, -0.1) is 0 Å². The van der Waals surface area contributed by atoms with Crippen molar-refractivity contribution >= 4 is 5.78 Å². The topological polar surface area (TPSA) is 78.1 Å². The van der Waals surface area contributed by atoms with Gasteiger partial charge in [-0.3, -0.25) is 9.78 Å². The first-order chi connectivity index (χ1) is 11.7. The maximum Gasteiger partial charge on any atom is 0.258 e. The number of rotatable bonds is 6. The smallest absolute Gasteiger partial charge is 0.258 e. The number of carbonyl (C=O) groups is 1. The summed E-state index contributed by atoms with van der Waals surface area (Å²) in [7, 11) is 0. The molecule has 0 aliphatic rings. The van der Waals surface area contributed by atoms with Crippen LogP contribution in [0.1, 0.15) is 17.3 Å². The SMILES string of the molecule is C=CCOc1cc(C(C)=O)cc(-c2nc(-c3ccccn3)no2)c1. The zero-order valence-electron chi connectivity index (χ0n) is 13.1. The van der Waals surface area contributed by atoms with Gasteiger partial charge in [-0.25, -0.2) is 0 Å². The molecule has 6 nitrogen and oxygen atoms in total. The van der Waals surface area contributed by atoms with Gasteiger partial charge in [0.15, 0.2) is 5.78 Å². The molecule has 0 spiro atoms. The molecule has 24 heavy (non-hydrogen) atoms. The number of hydrogen-bond acceptors (Lipinski definition) is 6. The molecule has 0 bridgehead atoms. The molecule has 0 N–H and O–H groups in total. The Morgan fingerprint density at radius 2 is 2.21 bits per heavy atom. The Balaban J connectivity index is 1.99. The number of aromatic nitrogens is 3. The fourth-order valence-corrected chi connectivity index (χ4v) is 2.10. The van der Waals surface area contributed by atoms with Gasteiger partial charge in [-0.2, -0.15) is 4.98 Å². The summed E-state index contributed by atoms with van der Waals surface area (Å²) in [5, 5.41) is 3.94. The van der Waals surface area contributed by atoms with Gasteiger partial charge in [0.05, 0.1) is 0 Å². The highest BCUT2D eigenvalue weighted by molar-refractivity contribution is 5.95. The molecule has 1 aromatic carbocycles. The lowest BCUT2D eigenvalue weighted by atomic mass is 10.1. The maximum absolute atomic E-state index is 11.7. The first-order valence-electron chi connectivity index (χ1n) is 7.32. The Hall–Kier alpha value is -3.28. The van der Waals surface area contributed by atoms with Gasteiger partial charge in [-0.1, -0.05) is 23.9 Å². The van der Waals surface area contributed by atoms with Crippen LogP contribution < -0.4 is 4.74 Å². The van der Waals surface area contributed by atoms with Crippen LogP contribution in [-0.2, 0) is 0 Å². The lowest BCUT2D eigenvalue weighted by molar-refractivity contribution is 0.101. The third kappa shape index (κ3) is 3.38. The average molecular weight is 321 g/mol. The molecular weight excluding hydrogens is 306 g/mol.